The number of carbonyl (C=O) groups is 5. The second-order valence-corrected chi connectivity index (χ2v) is 15.7. The number of allylic oxidation sites excluding steroid dienone is 6. The van der Waals surface area contributed by atoms with E-state index in [1.807, 2.05) is 55.7 Å². The first-order valence-corrected chi connectivity index (χ1v) is 22.9. The number of aliphatic carboxylic acids is 2. The topological polar surface area (TPSA) is 311 Å². The fourth-order valence-electron chi connectivity index (χ4n) is 7.40. The van der Waals surface area contributed by atoms with E-state index in [1.54, 1.807) is 47.4 Å². The van der Waals surface area contributed by atoms with E-state index in [2.05, 4.69) is 18.7 Å². The van der Waals surface area contributed by atoms with Gasteiger partial charge in [-0.15, -0.1) is 0 Å². The third-order valence-electron chi connectivity index (χ3n) is 11.3. The molecule has 8 N–H and O–H groups in total. The van der Waals surface area contributed by atoms with Gasteiger partial charge in [0.15, 0.2) is 5.78 Å². The normalized spacial score (nSPS) is 13.8. The van der Waals surface area contributed by atoms with Gasteiger partial charge in [-0.25, -0.2) is 0 Å². The number of Topliss-reactive ketones (excluding diaryl/α,β-unsaturated/α-hetero) is 2. The average Bonchev–Trinajstić information content (AvgIpc) is 3.66. The lowest BCUT2D eigenvalue weighted by Crippen LogP contribution is -2.29. The minimum Gasteiger partial charge on any atom is -0.508 e. The highest BCUT2D eigenvalue weighted by Gasteiger charge is 2.41. The van der Waals surface area contributed by atoms with Crippen LogP contribution in [-0.4, -0.2) is 127 Å². The molecule has 2 aliphatic rings. The van der Waals surface area contributed by atoms with Crippen LogP contribution in [0.5, 0.6) is 28.7 Å². The highest BCUT2D eigenvalue weighted by molar-refractivity contribution is 6.63. The molecule has 0 bridgehead atoms. The summed E-state index contributed by atoms with van der Waals surface area (Å²) in [4.78, 5) is 98.3. The molecule has 6 rings (SSSR count). The Morgan fingerprint density at radius 3 is 1.29 bits per heavy atom. The predicted molar refractivity (Wildman–Crippen MR) is 271 cm³/mol. The molecule has 0 amide bonds. The van der Waals surface area contributed by atoms with Crippen LogP contribution < -0.4 is 31.0 Å². The molecule has 72 heavy (non-hydrogen) atoms. The summed E-state index contributed by atoms with van der Waals surface area (Å²) in [6, 6.07) is 18.5. The Bertz CT molecular complexity index is 2870. The second-order valence-electron chi connectivity index (χ2n) is 15.7. The molecule has 0 saturated carbocycles. The van der Waals surface area contributed by atoms with E-state index in [0.717, 1.165) is 31.0 Å². The molecule has 0 saturated heterocycles. The lowest BCUT2D eigenvalue weighted by molar-refractivity contribution is -0.137. The number of aliphatic hydroxyl groups is 1. The number of phenols is 3. The molecule has 0 radical (unpaired) electrons. The summed E-state index contributed by atoms with van der Waals surface area (Å²) in [5, 5.41) is 74.4. The predicted octanol–water partition coefficient (Wildman–Crippen LogP) is 4.76. The summed E-state index contributed by atoms with van der Waals surface area (Å²) >= 11 is 0. The summed E-state index contributed by atoms with van der Waals surface area (Å²) in [5.74, 6) is -7.13. The highest BCUT2D eigenvalue weighted by atomic mass is 16.4. The summed E-state index contributed by atoms with van der Waals surface area (Å²) in [5.41, 5.74) is -1.88. The molecular formula is C52H60N4O16. The van der Waals surface area contributed by atoms with Crippen molar-refractivity contribution in [3.8, 4) is 28.7 Å². The van der Waals surface area contributed by atoms with E-state index in [0.29, 0.717) is 43.3 Å². The van der Waals surface area contributed by atoms with Crippen LogP contribution in [-0.2, 0) is 24.0 Å². The van der Waals surface area contributed by atoms with E-state index in [4.69, 9.17) is 20.4 Å². The third kappa shape index (κ3) is 14.7. The van der Waals surface area contributed by atoms with Gasteiger partial charge in [0.2, 0.25) is 23.1 Å². The number of carboxylic acids is 2. The number of anilines is 3. The number of hydrogen-bond donors (Lipinski definition) is 8. The number of aliphatic hydroxyl groups excluding tert-OH is 1. The van der Waals surface area contributed by atoms with E-state index in [-0.39, 0.29) is 53.2 Å². The maximum atomic E-state index is 12.8. The van der Waals surface area contributed by atoms with Crippen molar-refractivity contribution in [2.45, 2.75) is 54.4 Å². The van der Waals surface area contributed by atoms with Gasteiger partial charge < -0.3 is 60.5 Å². The maximum absolute atomic E-state index is 12.8. The zero-order chi connectivity index (χ0) is 54.0. The van der Waals surface area contributed by atoms with E-state index < -0.39 is 62.8 Å². The zero-order valence-electron chi connectivity index (χ0n) is 40.8. The molecule has 20 nitrogen and oxygen atoms in total. The number of carbonyl (C=O) groups excluding carboxylic acids is 3. The average molecular weight is 997 g/mol. The van der Waals surface area contributed by atoms with Gasteiger partial charge in [-0.3, -0.25) is 38.4 Å². The van der Waals surface area contributed by atoms with E-state index >= 15 is 0 Å². The van der Waals surface area contributed by atoms with Gasteiger partial charge in [0, 0.05) is 111 Å². The molecule has 0 heterocycles. The minimum atomic E-state index is -1.39. The Labute approximate surface area is 414 Å². The van der Waals surface area contributed by atoms with Crippen LogP contribution in [0.3, 0.4) is 0 Å². The number of hydrogen-bond acceptors (Lipinski definition) is 18. The third-order valence-corrected chi connectivity index (χ3v) is 11.3. The maximum Gasteiger partial charge on any atom is 0.305 e. The molecule has 0 unspecified atom stereocenters. The van der Waals surface area contributed by atoms with Crippen LogP contribution in [0, 0.1) is 0 Å². The zero-order valence-corrected chi connectivity index (χ0v) is 40.8. The molecular weight excluding hydrogens is 937 g/mol. The van der Waals surface area contributed by atoms with Crippen molar-refractivity contribution < 1.29 is 64.8 Å². The molecule has 4 aromatic carbocycles. The number of phenolic OH excluding ortho intramolecular Hbond substituents is 3. The van der Waals surface area contributed by atoms with Gasteiger partial charge in [0.05, 0.1) is 24.0 Å². The molecule has 0 aliphatic heterocycles. The molecule has 2 aliphatic carbocycles. The number of benzene rings is 3. The van der Waals surface area contributed by atoms with Crippen LogP contribution in [0.15, 0.2) is 122 Å². The first-order chi connectivity index (χ1) is 34.1. The smallest absolute Gasteiger partial charge is 0.305 e. The number of aromatic hydroxyl groups is 5. The Balaban J connectivity index is 0.000000301. The Hall–Kier alpha value is -8.68. The summed E-state index contributed by atoms with van der Waals surface area (Å²) in [7, 11) is 0. The van der Waals surface area contributed by atoms with Crippen LogP contribution in [0.25, 0.3) is 5.57 Å². The van der Waals surface area contributed by atoms with E-state index in [1.165, 1.54) is 24.3 Å². The van der Waals surface area contributed by atoms with Crippen LogP contribution in [0.4, 0.5) is 17.1 Å². The van der Waals surface area contributed by atoms with Crippen LogP contribution in [0.2, 0.25) is 0 Å². The lowest BCUT2D eigenvalue weighted by Gasteiger charge is -2.24. The number of likely N-dealkylation sites (N-methyl/N-ethyl adjacent to an activating group) is 1. The molecule has 384 valence electrons. The Morgan fingerprint density at radius 2 is 0.917 bits per heavy atom. The number of carboxylic acid groups (broad SMARTS) is 2. The first kappa shape index (κ1) is 57.6. The molecule has 0 atom stereocenters. The van der Waals surface area contributed by atoms with Gasteiger partial charge in [-0.2, -0.15) is 0 Å². The van der Waals surface area contributed by atoms with Crippen molar-refractivity contribution in [3.05, 3.63) is 144 Å². The van der Waals surface area contributed by atoms with Crippen molar-refractivity contribution in [3.63, 3.8) is 0 Å². The second kappa shape index (κ2) is 26.9. The van der Waals surface area contributed by atoms with E-state index in [9.17, 15) is 58.8 Å². The summed E-state index contributed by atoms with van der Waals surface area (Å²) < 4.78 is 0. The lowest BCUT2D eigenvalue weighted by atomic mass is 9.96. The van der Waals surface area contributed by atoms with Crippen LogP contribution in [0.1, 0.15) is 59.9 Å². The summed E-state index contributed by atoms with van der Waals surface area (Å²) in [6.45, 7) is 17.0. The largest absolute Gasteiger partial charge is 0.508 e. The van der Waals surface area contributed by atoms with Gasteiger partial charge in [0.1, 0.15) is 23.0 Å². The van der Waals surface area contributed by atoms with Gasteiger partial charge in [-0.05, 0) is 90.1 Å². The van der Waals surface area contributed by atoms with Crippen molar-refractivity contribution in [2.75, 3.05) is 67.1 Å². The molecule has 0 spiro atoms. The van der Waals surface area contributed by atoms with Crippen molar-refractivity contribution in [1.29, 1.82) is 0 Å². The molecule has 4 aromatic rings. The minimum absolute atomic E-state index is 0.0545. The monoisotopic (exact) mass is 996 g/mol. The SMILES string of the molecule is CCN(CC)C1=CC(=O)/C(=C2/C(=O)C(=O)C(c3ccc(N(CC)CCC(=O)O)cc3O)=C2O)C=C1.CCN(CC)c1cccc(O)c1.CCN(CCC(=O)O)c1cccc(O)c1.O=c1c(O)c(O)c(=O)c1=O. The highest BCUT2D eigenvalue weighted by Crippen LogP contribution is 2.39. The van der Waals surface area contributed by atoms with Crippen LogP contribution >= 0.6 is 0 Å². The quantitative estimate of drug-likeness (QED) is 0.0522. The Kier molecular flexibility index (Phi) is 21.5. The van der Waals surface area contributed by atoms with Gasteiger partial charge >= 0.3 is 11.9 Å². The fourth-order valence-corrected chi connectivity index (χ4v) is 7.40. The van der Waals surface area contributed by atoms with Crippen molar-refractivity contribution in [1.82, 2.24) is 4.90 Å². The number of nitrogens with zero attached hydrogens (tertiary/aromatic N) is 4. The molecule has 0 aromatic heterocycles. The number of rotatable bonds is 17. The molecule has 0 fully saturated rings. The summed E-state index contributed by atoms with van der Waals surface area (Å²) in [6.07, 6.45) is 4.44. The van der Waals surface area contributed by atoms with Crippen molar-refractivity contribution in [2.24, 2.45) is 0 Å². The number of ketones is 3. The van der Waals surface area contributed by atoms with Crippen molar-refractivity contribution >= 4 is 51.9 Å². The first-order valence-electron chi connectivity index (χ1n) is 22.9. The van der Waals surface area contributed by atoms with Gasteiger partial charge in [0.25, 0.3) is 16.3 Å². The fraction of sp³-hybridized carbons (Fsp3) is 0.308. The standard InChI is InChI=1S/C26H28N2O7.C11H15NO3.C10H15NO.C5H2O5/c1-4-27(5-2)15-7-9-17(19(29)13-15)22-24(33)23(26(35)25(22)34)18-10-8-16(14-20(18)30)28(6-3)12-11-21(31)32;1-2-12(7-6-11(14)15)9-4-3-5-10(13)8-9;1-3-11(4-2)9-6-5-7-10(12)8-9;6-1-2(7)4(9)5(10)3(1)8/h7-10,13-14,30,33H,4-6,11-12H2,1-3H3,(H,31,32);3-5,8,13H,2,6-7H2,1H3,(H,14,15);5-8,12H,3-4H2,1-2H3;6-7H/b22-17+;;;. The Morgan fingerprint density at radius 1 is 0.486 bits per heavy atom. The van der Waals surface area contributed by atoms with Gasteiger partial charge in [-0.1, -0.05) is 12.1 Å². The molecule has 20 heteroatoms.